The molecule has 0 unspecified atom stereocenters. The van der Waals surface area contributed by atoms with Gasteiger partial charge < -0.3 is 14.6 Å². The second-order valence-electron chi connectivity index (χ2n) is 7.60. The van der Waals surface area contributed by atoms with E-state index in [1.54, 1.807) is 0 Å². The Kier molecular flexibility index (Phi) is 4.67. The molecule has 6 heteroatoms. The van der Waals surface area contributed by atoms with Gasteiger partial charge in [-0.1, -0.05) is 6.07 Å². The summed E-state index contributed by atoms with van der Waals surface area (Å²) in [4.78, 5) is 16.5. The van der Waals surface area contributed by atoms with Crippen LogP contribution in [0.5, 0.6) is 0 Å². The maximum Gasteiger partial charge on any atom is 0.407 e. The van der Waals surface area contributed by atoms with Crippen molar-refractivity contribution in [2.75, 3.05) is 0 Å². The van der Waals surface area contributed by atoms with Crippen LogP contribution in [-0.2, 0) is 4.74 Å². The van der Waals surface area contributed by atoms with Crippen molar-refractivity contribution in [2.24, 2.45) is 0 Å². The molecule has 132 valence electrons. The molecular formula is C19H24N4O2. The number of hydrogen-bond donors (Lipinski definition) is 1. The Labute approximate surface area is 147 Å². The zero-order valence-corrected chi connectivity index (χ0v) is 15.0. The molecule has 0 radical (unpaired) electrons. The number of carbonyl (C=O) groups is 1. The predicted octanol–water partition coefficient (Wildman–Crippen LogP) is 3.92. The molecule has 0 aliphatic heterocycles. The molecule has 1 N–H and O–H groups in total. The summed E-state index contributed by atoms with van der Waals surface area (Å²) in [5.74, 6) is 0. The minimum Gasteiger partial charge on any atom is -0.444 e. The standard InChI is InChI=1S/C19H24N4O2/c1-19(2,3)25-18(24)22-14-7-5-8-15(10-14)23-12-21-16-9-4-6-13(11-20)17(16)23/h4,6,9,12,14-15H,5,7-8,10H2,1-3H3,(H,22,24)/t14-,15+/m1/s1. The third-order valence-electron chi connectivity index (χ3n) is 4.48. The summed E-state index contributed by atoms with van der Waals surface area (Å²) in [6, 6.07) is 8.13. The monoisotopic (exact) mass is 340 g/mol. The summed E-state index contributed by atoms with van der Waals surface area (Å²) in [5, 5.41) is 12.4. The molecule has 25 heavy (non-hydrogen) atoms. The zero-order valence-electron chi connectivity index (χ0n) is 15.0. The number of aromatic nitrogens is 2. The van der Waals surface area contributed by atoms with Crippen LogP contribution >= 0.6 is 0 Å². The Morgan fingerprint density at radius 1 is 1.40 bits per heavy atom. The number of para-hydroxylation sites is 1. The molecule has 1 aliphatic rings. The Bertz CT molecular complexity index is 813. The van der Waals surface area contributed by atoms with Gasteiger partial charge in [-0.25, -0.2) is 9.78 Å². The maximum atomic E-state index is 12.0. The summed E-state index contributed by atoms with van der Waals surface area (Å²) in [6.45, 7) is 5.58. The zero-order chi connectivity index (χ0) is 18.0. The lowest BCUT2D eigenvalue weighted by atomic mass is 9.90. The van der Waals surface area contributed by atoms with Crippen LogP contribution in [0.2, 0.25) is 0 Å². The van der Waals surface area contributed by atoms with E-state index in [-0.39, 0.29) is 18.2 Å². The summed E-state index contributed by atoms with van der Waals surface area (Å²) < 4.78 is 7.45. The number of imidazole rings is 1. The quantitative estimate of drug-likeness (QED) is 0.898. The Balaban J connectivity index is 1.76. The van der Waals surface area contributed by atoms with E-state index in [1.807, 2.05) is 45.3 Å². The number of nitriles is 1. The predicted molar refractivity (Wildman–Crippen MR) is 95.1 cm³/mol. The van der Waals surface area contributed by atoms with E-state index in [0.29, 0.717) is 5.56 Å². The van der Waals surface area contributed by atoms with Crippen LogP contribution in [-0.4, -0.2) is 27.3 Å². The van der Waals surface area contributed by atoms with Crippen LogP contribution in [0.4, 0.5) is 4.79 Å². The van der Waals surface area contributed by atoms with Crippen molar-refractivity contribution < 1.29 is 9.53 Å². The van der Waals surface area contributed by atoms with E-state index < -0.39 is 5.60 Å². The van der Waals surface area contributed by atoms with Crippen molar-refractivity contribution in [3.63, 3.8) is 0 Å². The number of ether oxygens (including phenoxy) is 1. The summed E-state index contributed by atoms with van der Waals surface area (Å²) >= 11 is 0. The molecule has 1 fully saturated rings. The number of nitrogens with zero attached hydrogens (tertiary/aromatic N) is 3. The normalized spacial score (nSPS) is 20.9. The van der Waals surface area contributed by atoms with Crippen molar-refractivity contribution in [3.8, 4) is 6.07 Å². The number of nitrogens with one attached hydrogen (secondary N) is 1. The SMILES string of the molecule is CC(C)(C)OC(=O)N[C@@H]1CCC[C@H](n2cnc3cccc(C#N)c32)C1. The lowest BCUT2D eigenvalue weighted by molar-refractivity contribution is 0.0486. The molecule has 6 nitrogen and oxygen atoms in total. The van der Waals surface area contributed by atoms with E-state index in [9.17, 15) is 10.1 Å². The molecule has 0 spiro atoms. The van der Waals surface area contributed by atoms with Gasteiger partial charge >= 0.3 is 6.09 Å². The Hall–Kier alpha value is -2.55. The molecule has 3 rings (SSSR count). The highest BCUT2D eigenvalue weighted by atomic mass is 16.6. The van der Waals surface area contributed by atoms with Gasteiger partial charge in [-0.05, 0) is 58.6 Å². The van der Waals surface area contributed by atoms with Crippen LogP contribution in [0.15, 0.2) is 24.5 Å². The van der Waals surface area contributed by atoms with Crippen molar-refractivity contribution in [1.29, 1.82) is 5.26 Å². The first-order chi connectivity index (χ1) is 11.9. The first kappa shape index (κ1) is 17.3. The van der Waals surface area contributed by atoms with Crippen LogP contribution in [0.1, 0.15) is 58.1 Å². The number of alkyl carbamates (subject to hydrolysis) is 1. The first-order valence-corrected chi connectivity index (χ1v) is 8.72. The average Bonchev–Trinajstić information content (AvgIpc) is 2.97. The van der Waals surface area contributed by atoms with E-state index in [2.05, 4.69) is 20.9 Å². The average molecular weight is 340 g/mol. The lowest BCUT2D eigenvalue weighted by Gasteiger charge is -2.31. The highest BCUT2D eigenvalue weighted by molar-refractivity contribution is 5.81. The smallest absolute Gasteiger partial charge is 0.407 e. The number of rotatable bonds is 2. The van der Waals surface area contributed by atoms with E-state index >= 15 is 0 Å². The molecule has 0 bridgehead atoms. The topological polar surface area (TPSA) is 79.9 Å². The minimum absolute atomic E-state index is 0.0697. The first-order valence-electron chi connectivity index (χ1n) is 8.72. The molecule has 0 saturated heterocycles. The maximum absolute atomic E-state index is 12.0. The number of hydrogen-bond acceptors (Lipinski definition) is 4. The third kappa shape index (κ3) is 3.93. The molecule has 1 aromatic carbocycles. The molecular weight excluding hydrogens is 316 g/mol. The van der Waals surface area contributed by atoms with Gasteiger partial charge in [-0.2, -0.15) is 5.26 Å². The van der Waals surface area contributed by atoms with Gasteiger partial charge in [0, 0.05) is 12.1 Å². The number of amides is 1. The molecule has 1 saturated carbocycles. The second-order valence-corrected chi connectivity index (χ2v) is 7.60. The second kappa shape index (κ2) is 6.75. The van der Waals surface area contributed by atoms with Gasteiger partial charge in [-0.15, -0.1) is 0 Å². The van der Waals surface area contributed by atoms with Gasteiger partial charge in [0.05, 0.1) is 22.9 Å². The number of benzene rings is 1. The van der Waals surface area contributed by atoms with Crippen molar-refractivity contribution >= 4 is 17.1 Å². The number of carbonyl (C=O) groups excluding carboxylic acids is 1. The Morgan fingerprint density at radius 3 is 2.92 bits per heavy atom. The van der Waals surface area contributed by atoms with Crippen LogP contribution < -0.4 is 5.32 Å². The van der Waals surface area contributed by atoms with Gasteiger partial charge in [0.25, 0.3) is 0 Å². The third-order valence-corrected chi connectivity index (χ3v) is 4.48. The van der Waals surface area contributed by atoms with E-state index in [0.717, 1.165) is 36.7 Å². The molecule has 1 heterocycles. The molecule has 2 aromatic rings. The lowest BCUT2D eigenvalue weighted by Crippen LogP contribution is -2.41. The van der Waals surface area contributed by atoms with Gasteiger partial charge in [0.2, 0.25) is 0 Å². The van der Waals surface area contributed by atoms with Gasteiger partial charge in [0.1, 0.15) is 11.7 Å². The molecule has 1 amide bonds. The highest BCUT2D eigenvalue weighted by Gasteiger charge is 2.27. The van der Waals surface area contributed by atoms with Crippen molar-refractivity contribution in [3.05, 3.63) is 30.1 Å². The van der Waals surface area contributed by atoms with Crippen LogP contribution in [0, 0.1) is 11.3 Å². The van der Waals surface area contributed by atoms with Crippen LogP contribution in [0.25, 0.3) is 11.0 Å². The fourth-order valence-corrected chi connectivity index (χ4v) is 3.48. The summed E-state index contributed by atoms with van der Waals surface area (Å²) in [5.41, 5.74) is 1.85. The fraction of sp³-hybridized carbons (Fsp3) is 0.526. The molecule has 1 aliphatic carbocycles. The molecule has 1 aromatic heterocycles. The van der Waals surface area contributed by atoms with E-state index in [4.69, 9.17) is 4.74 Å². The largest absolute Gasteiger partial charge is 0.444 e. The highest BCUT2D eigenvalue weighted by Crippen LogP contribution is 2.32. The van der Waals surface area contributed by atoms with Crippen molar-refractivity contribution in [2.45, 2.75) is 64.1 Å². The minimum atomic E-state index is -0.500. The number of fused-ring (bicyclic) bond motifs is 1. The van der Waals surface area contributed by atoms with E-state index in [1.165, 1.54) is 0 Å². The van der Waals surface area contributed by atoms with Crippen LogP contribution in [0.3, 0.4) is 0 Å². The fourth-order valence-electron chi connectivity index (χ4n) is 3.48. The van der Waals surface area contributed by atoms with Gasteiger partial charge in [-0.3, -0.25) is 0 Å². The molecule has 2 atom stereocenters. The summed E-state index contributed by atoms with van der Waals surface area (Å²) in [6.07, 6.45) is 5.22. The Morgan fingerprint density at radius 2 is 2.20 bits per heavy atom. The van der Waals surface area contributed by atoms with Gasteiger partial charge in [0.15, 0.2) is 0 Å². The summed E-state index contributed by atoms with van der Waals surface area (Å²) in [7, 11) is 0. The van der Waals surface area contributed by atoms with Crippen molar-refractivity contribution in [1.82, 2.24) is 14.9 Å².